The number of hydrogen-bond acceptors (Lipinski definition) is 4. The molecule has 2 atom stereocenters. The van der Waals surface area contributed by atoms with Crippen LogP contribution in [0.1, 0.15) is 20.3 Å². The lowest BCUT2D eigenvalue weighted by Gasteiger charge is -2.19. The van der Waals surface area contributed by atoms with E-state index in [0.29, 0.717) is 6.42 Å². The maximum Gasteiger partial charge on any atom is 0.326 e. The highest BCUT2D eigenvalue weighted by molar-refractivity contribution is 8.00. The van der Waals surface area contributed by atoms with Crippen LogP contribution in [0.2, 0.25) is 0 Å². The second kappa shape index (κ2) is 7.78. The van der Waals surface area contributed by atoms with E-state index in [1.54, 1.807) is 24.5 Å². The van der Waals surface area contributed by atoms with Crippen LogP contribution in [0.4, 0.5) is 0 Å². The van der Waals surface area contributed by atoms with Crippen LogP contribution in [-0.2, 0) is 9.59 Å². The summed E-state index contributed by atoms with van der Waals surface area (Å²) in [6, 6.07) is 2.79. The standard InChI is InChI=1S/C13H18N2O3S/c1-3-9(2)12(13(17)18)15-11(16)8-19-10-4-6-14-7-5-10/h4-7,9,12H,3,8H2,1-2H3,(H,15,16)(H,17,18)/t9-,12-/m0/s1. The topological polar surface area (TPSA) is 79.3 Å². The first-order valence-electron chi connectivity index (χ1n) is 6.09. The molecule has 1 aromatic heterocycles. The van der Waals surface area contributed by atoms with Crippen LogP contribution in [0.3, 0.4) is 0 Å². The Morgan fingerprint density at radius 1 is 1.42 bits per heavy atom. The van der Waals surface area contributed by atoms with Gasteiger partial charge in [-0.2, -0.15) is 0 Å². The summed E-state index contributed by atoms with van der Waals surface area (Å²) < 4.78 is 0. The summed E-state index contributed by atoms with van der Waals surface area (Å²) in [5.41, 5.74) is 0. The third-order valence-corrected chi connectivity index (χ3v) is 3.83. The molecule has 0 unspecified atom stereocenters. The Hall–Kier alpha value is -1.56. The molecule has 0 aliphatic rings. The van der Waals surface area contributed by atoms with Crippen LogP contribution in [0.5, 0.6) is 0 Å². The number of pyridine rings is 1. The maximum atomic E-state index is 11.7. The number of aliphatic carboxylic acids is 1. The monoisotopic (exact) mass is 282 g/mol. The zero-order valence-corrected chi connectivity index (χ0v) is 11.8. The second-order valence-corrected chi connectivity index (χ2v) is 5.29. The molecule has 1 aromatic rings. The fourth-order valence-electron chi connectivity index (χ4n) is 1.48. The predicted octanol–water partition coefficient (Wildman–Crippen LogP) is 1.79. The molecule has 0 aliphatic carbocycles. The minimum atomic E-state index is -0.989. The van der Waals surface area contributed by atoms with Crippen LogP contribution in [0.25, 0.3) is 0 Å². The molecule has 0 radical (unpaired) electrons. The van der Waals surface area contributed by atoms with Gasteiger partial charge in [-0.15, -0.1) is 11.8 Å². The van der Waals surface area contributed by atoms with Gasteiger partial charge >= 0.3 is 5.97 Å². The average Bonchev–Trinajstić information content (AvgIpc) is 2.42. The zero-order chi connectivity index (χ0) is 14.3. The third-order valence-electron chi connectivity index (χ3n) is 2.82. The number of carbonyl (C=O) groups excluding carboxylic acids is 1. The molecule has 0 spiro atoms. The van der Waals surface area contributed by atoms with Gasteiger partial charge in [0.05, 0.1) is 5.75 Å². The van der Waals surface area contributed by atoms with Crippen LogP contribution in [-0.4, -0.2) is 33.8 Å². The molecule has 0 aromatic carbocycles. The first kappa shape index (κ1) is 15.5. The Bertz CT molecular complexity index is 425. The summed E-state index contributed by atoms with van der Waals surface area (Å²) in [6.45, 7) is 3.72. The third kappa shape index (κ3) is 5.30. The minimum absolute atomic E-state index is 0.0904. The van der Waals surface area contributed by atoms with Crippen LogP contribution < -0.4 is 5.32 Å². The van der Waals surface area contributed by atoms with E-state index in [-0.39, 0.29) is 17.6 Å². The van der Waals surface area contributed by atoms with Crippen molar-refractivity contribution in [3.05, 3.63) is 24.5 Å². The van der Waals surface area contributed by atoms with Crippen molar-refractivity contribution in [1.29, 1.82) is 0 Å². The molecular formula is C13H18N2O3S. The van der Waals surface area contributed by atoms with E-state index in [1.807, 2.05) is 13.8 Å². The summed E-state index contributed by atoms with van der Waals surface area (Å²) >= 11 is 1.36. The number of carboxylic acid groups (broad SMARTS) is 1. The smallest absolute Gasteiger partial charge is 0.326 e. The molecule has 1 rings (SSSR count). The first-order chi connectivity index (χ1) is 9.04. The van der Waals surface area contributed by atoms with E-state index in [9.17, 15) is 9.59 Å². The van der Waals surface area contributed by atoms with Crippen molar-refractivity contribution >= 4 is 23.6 Å². The highest BCUT2D eigenvalue weighted by Gasteiger charge is 2.24. The van der Waals surface area contributed by atoms with E-state index < -0.39 is 12.0 Å². The van der Waals surface area contributed by atoms with E-state index in [0.717, 1.165) is 4.90 Å². The summed E-state index contributed by atoms with van der Waals surface area (Å²) in [5, 5.41) is 11.6. The van der Waals surface area contributed by atoms with Gasteiger partial charge in [-0.3, -0.25) is 9.78 Å². The Kier molecular flexibility index (Phi) is 6.35. The van der Waals surface area contributed by atoms with Gasteiger partial charge in [-0.1, -0.05) is 20.3 Å². The number of hydrogen-bond donors (Lipinski definition) is 2. The number of rotatable bonds is 7. The van der Waals surface area contributed by atoms with Gasteiger partial charge in [0.25, 0.3) is 0 Å². The Labute approximate surface area is 116 Å². The van der Waals surface area contributed by atoms with Crippen molar-refractivity contribution in [2.45, 2.75) is 31.2 Å². The average molecular weight is 282 g/mol. The van der Waals surface area contributed by atoms with Crippen molar-refractivity contribution in [3.8, 4) is 0 Å². The van der Waals surface area contributed by atoms with Gasteiger partial charge in [0.1, 0.15) is 6.04 Å². The van der Waals surface area contributed by atoms with Gasteiger partial charge in [0.15, 0.2) is 0 Å². The van der Waals surface area contributed by atoms with Gasteiger partial charge in [0, 0.05) is 17.3 Å². The van der Waals surface area contributed by atoms with Crippen LogP contribution >= 0.6 is 11.8 Å². The van der Waals surface area contributed by atoms with Crippen LogP contribution in [0, 0.1) is 5.92 Å². The van der Waals surface area contributed by atoms with Gasteiger partial charge in [-0.25, -0.2) is 4.79 Å². The number of aromatic nitrogens is 1. The van der Waals surface area contributed by atoms with Gasteiger partial charge in [-0.05, 0) is 18.1 Å². The van der Waals surface area contributed by atoms with E-state index in [2.05, 4.69) is 10.3 Å². The fraction of sp³-hybridized carbons (Fsp3) is 0.462. The fourth-order valence-corrected chi connectivity index (χ4v) is 2.18. The predicted molar refractivity (Wildman–Crippen MR) is 74.0 cm³/mol. The van der Waals surface area contributed by atoms with Gasteiger partial charge in [0.2, 0.25) is 5.91 Å². The summed E-state index contributed by atoms with van der Waals surface area (Å²) in [7, 11) is 0. The summed E-state index contributed by atoms with van der Waals surface area (Å²) in [6.07, 6.45) is 4.01. The molecule has 5 nitrogen and oxygen atoms in total. The van der Waals surface area contributed by atoms with E-state index in [1.165, 1.54) is 11.8 Å². The summed E-state index contributed by atoms with van der Waals surface area (Å²) in [5.74, 6) is -1.15. The molecule has 0 saturated carbocycles. The molecule has 0 saturated heterocycles. The van der Waals surface area contributed by atoms with E-state index >= 15 is 0 Å². The molecule has 0 fully saturated rings. The highest BCUT2D eigenvalue weighted by atomic mass is 32.2. The summed E-state index contributed by atoms with van der Waals surface area (Å²) in [4.78, 5) is 27.6. The maximum absolute atomic E-state index is 11.7. The molecular weight excluding hydrogens is 264 g/mol. The molecule has 104 valence electrons. The molecule has 1 heterocycles. The van der Waals surface area contributed by atoms with Crippen molar-refractivity contribution in [3.63, 3.8) is 0 Å². The molecule has 2 N–H and O–H groups in total. The number of thioether (sulfide) groups is 1. The zero-order valence-electron chi connectivity index (χ0n) is 11.0. The largest absolute Gasteiger partial charge is 0.480 e. The molecule has 0 bridgehead atoms. The number of carbonyl (C=O) groups is 2. The first-order valence-corrected chi connectivity index (χ1v) is 7.08. The lowest BCUT2D eigenvalue weighted by molar-refractivity contribution is -0.143. The number of amides is 1. The lowest BCUT2D eigenvalue weighted by Crippen LogP contribution is -2.45. The quantitative estimate of drug-likeness (QED) is 0.745. The van der Waals surface area contributed by atoms with Crippen molar-refractivity contribution in [2.24, 2.45) is 5.92 Å². The highest BCUT2D eigenvalue weighted by Crippen LogP contribution is 2.16. The van der Waals surface area contributed by atoms with E-state index in [4.69, 9.17) is 5.11 Å². The van der Waals surface area contributed by atoms with Crippen molar-refractivity contribution in [2.75, 3.05) is 5.75 Å². The normalized spacial score (nSPS) is 13.6. The number of carboxylic acids is 1. The Morgan fingerprint density at radius 3 is 2.58 bits per heavy atom. The second-order valence-electron chi connectivity index (χ2n) is 4.24. The Balaban J connectivity index is 2.47. The molecule has 6 heteroatoms. The minimum Gasteiger partial charge on any atom is -0.480 e. The van der Waals surface area contributed by atoms with Crippen LogP contribution in [0.15, 0.2) is 29.4 Å². The molecule has 19 heavy (non-hydrogen) atoms. The lowest BCUT2D eigenvalue weighted by atomic mass is 9.99. The Morgan fingerprint density at radius 2 is 2.05 bits per heavy atom. The SMILES string of the molecule is CC[C@H](C)[C@H](NC(=O)CSc1ccncc1)C(=O)O. The molecule has 0 aliphatic heterocycles. The number of nitrogens with one attached hydrogen (secondary N) is 1. The number of nitrogens with zero attached hydrogens (tertiary/aromatic N) is 1. The van der Waals surface area contributed by atoms with Crippen molar-refractivity contribution in [1.82, 2.24) is 10.3 Å². The molecule has 1 amide bonds. The van der Waals surface area contributed by atoms with Gasteiger partial charge < -0.3 is 10.4 Å². The van der Waals surface area contributed by atoms with Crippen molar-refractivity contribution < 1.29 is 14.7 Å².